The van der Waals surface area contributed by atoms with Gasteiger partial charge in [0, 0.05) is 18.6 Å². The molecule has 0 unspecified atom stereocenters. The zero-order valence-corrected chi connectivity index (χ0v) is 35.2. The van der Waals surface area contributed by atoms with E-state index in [0.717, 1.165) is 16.9 Å². The summed E-state index contributed by atoms with van der Waals surface area (Å²) in [6.07, 6.45) is -8.16. The lowest BCUT2D eigenvalue weighted by Gasteiger charge is -2.30. The molecule has 0 spiro atoms. The first-order chi connectivity index (χ1) is 29.4. The van der Waals surface area contributed by atoms with Crippen molar-refractivity contribution in [2.45, 2.75) is 68.5 Å². The number of ether oxygens (including phenoxy) is 5. The molecule has 3 saturated heterocycles. The average Bonchev–Trinajstić information content (AvgIpc) is 4.02. The summed E-state index contributed by atoms with van der Waals surface area (Å²) in [6.45, 7) is -1.13. The van der Waals surface area contributed by atoms with Crippen LogP contribution in [0.15, 0.2) is 55.5 Å². The lowest BCUT2D eigenvalue weighted by atomic mass is 10.1. The Morgan fingerprint density at radius 2 is 1.39 bits per heavy atom. The van der Waals surface area contributed by atoms with Crippen molar-refractivity contribution in [3.63, 3.8) is 0 Å². The van der Waals surface area contributed by atoms with Crippen molar-refractivity contribution in [1.82, 2.24) is 34.1 Å². The number of nitrogens with two attached hydrogens (primary N) is 2. The Kier molecular flexibility index (Phi) is 13.7. The first kappa shape index (κ1) is 44.0. The zero-order chi connectivity index (χ0) is 42.7. The number of hydrogen-bond donors (Lipinski definition) is 2. The van der Waals surface area contributed by atoms with Crippen LogP contribution in [0.5, 0.6) is 0 Å². The van der Waals surface area contributed by atoms with Gasteiger partial charge in [0.15, 0.2) is 41.9 Å². The van der Waals surface area contributed by atoms with E-state index < -0.39 is 76.7 Å². The number of aromatic nitrogens is 7. The van der Waals surface area contributed by atoms with E-state index in [1.165, 1.54) is 40.4 Å². The fourth-order valence-corrected chi connectivity index (χ4v) is 11.3. The Hall–Kier alpha value is -3.64. The van der Waals surface area contributed by atoms with Gasteiger partial charge in [0.1, 0.15) is 41.8 Å². The average molecular weight is 908 g/mol. The molecule has 326 valence electrons. The largest absolute Gasteiger partial charge is 0.397 e. The smallest absolute Gasteiger partial charge is 0.389 e. The first-order valence-corrected chi connectivity index (χ1v) is 23.9. The van der Waals surface area contributed by atoms with Gasteiger partial charge < -0.3 is 44.2 Å². The number of rotatable bonds is 14. The van der Waals surface area contributed by atoms with E-state index in [0.29, 0.717) is 45.2 Å². The molecule has 1 aromatic carbocycles. The second-order valence-corrected chi connectivity index (χ2v) is 19.6. The van der Waals surface area contributed by atoms with Gasteiger partial charge in [-0.2, -0.15) is 0 Å². The fraction of sp³-hybridized carbons (Fsp3) is 0.514. The van der Waals surface area contributed by atoms with Gasteiger partial charge in [-0.15, -0.1) is 0 Å². The summed E-state index contributed by atoms with van der Waals surface area (Å²) < 4.78 is 116. The summed E-state index contributed by atoms with van der Waals surface area (Å²) >= 11 is 0.759. The van der Waals surface area contributed by atoms with Crippen molar-refractivity contribution in [1.29, 1.82) is 0 Å². The molecule has 2 radical (unpaired) electrons. The highest BCUT2D eigenvalue weighted by Gasteiger charge is 2.54. The van der Waals surface area contributed by atoms with Crippen molar-refractivity contribution in [2.75, 3.05) is 57.7 Å². The standard InChI is InChI=1S/C35H42BF2N9O11P2S/c1-2-50-9-10-51-11-12-52-13-20-3-5-21(6-4-20)16-61-60(49)54-15-24-29(25(37)34(56-24)47-19-45-28-31(40)42-17-43-33(28)47)57-59(36,48)53-14-23-30(58-60)26(38)35(55-23)46-18-44-27-22(39)7-8-41-32(27)46/h3-8,17-19,23-26,29-30,34-35H,2,9-16H2,1H3,(H2,39,41)(H2,40,42,43)/t23-,24-,25-,26-,29-,30-,34-,35-,59-,60-/m1/s1. The maximum Gasteiger partial charge on any atom is 0.389 e. The minimum absolute atomic E-state index is 0.0406. The lowest BCUT2D eigenvalue weighted by Crippen LogP contribution is -2.37. The number of fused-ring (bicyclic) bond motifs is 4. The summed E-state index contributed by atoms with van der Waals surface area (Å²) in [5, 5.41) is 0. The number of alkyl halides is 2. The van der Waals surface area contributed by atoms with Gasteiger partial charge >= 0.3 is 6.80 Å². The van der Waals surface area contributed by atoms with E-state index >= 15 is 8.78 Å². The Morgan fingerprint density at radius 3 is 2.10 bits per heavy atom. The summed E-state index contributed by atoms with van der Waals surface area (Å²) in [5.74, 6) is 0.107. The van der Waals surface area contributed by atoms with Gasteiger partial charge in [0.25, 0.3) is 7.47 Å². The van der Waals surface area contributed by atoms with Crippen LogP contribution in [0.4, 0.5) is 20.3 Å². The number of pyridine rings is 1. The van der Waals surface area contributed by atoms with Crippen molar-refractivity contribution < 1.29 is 59.7 Å². The number of hydrogen-bond acceptors (Lipinski definition) is 19. The number of anilines is 2. The van der Waals surface area contributed by atoms with Gasteiger partial charge in [0.05, 0.1) is 64.6 Å². The molecular formula is C35H42BF2N9O11P2S. The van der Waals surface area contributed by atoms with E-state index in [2.05, 4.69) is 24.9 Å². The van der Waals surface area contributed by atoms with E-state index in [-0.39, 0.29) is 39.6 Å². The molecule has 61 heavy (non-hydrogen) atoms. The van der Waals surface area contributed by atoms with Crippen LogP contribution in [0.25, 0.3) is 22.3 Å². The van der Waals surface area contributed by atoms with Crippen LogP contribution >= 0.6 is 25.7 Å². The normalized spacial score (nSPS) is 30.9. The molecule has 0 saturated carbocycles. The maximum atomic E-state index is 16.8. The van der Waals surface area contributed by atoms with Crippen molar-refractivity contribution in [2.24, 2.45) is 0 Å². The number of imidazole rings is 2. The Balaban J connectivity index is 1.03. The first-order valence-electron chi connectivity index (χ1n) is 19.1. The molecule has 4 aromatic heterocycles. The molecule has 0 amide bonds. The van der Waals surface area contributed by atoms with Crippen LogP contribution in [0.2, 0.25) is 0 Å². The number of benzene rings is 1. The molecule has 0 bridgehead atoms. The molecular weight excluding hydrogens is 865 g/mol. The second kappa shape index (κ2) is 19.0. The predicted molar refractivity (Wildman–Crippen MR) is 217 cm³/mol. The molecule has 3 fully saturated rings. The van der Waals surface area contributed by atoms with Crippen LogP contribution in [0.3, 0.4) is 0 Å². The molecule has 0 aliphatic carbocycles. The van der Waals surface area contributed by atoms with Gasteiger partial charge in [-0.1, -0.05) is 24.3 Å². The Morgan fingerprint density at radius 1 is 0.787 bits per heavy atom. The second-order valence-electron chi connectivity index (χ2n) is 14.0. The highest BCUT2D eigenvalue weighted by molar-refractivity contribution is 8.54. The third-order valence-corrected chi connectivity index (χ3v) is 14.6. The van der Waals surface area contributed by atoms with Crippen molar-refractivity contribution in [3.8, 4) is 0 Å². The predicted octanol–water partition coefficient (Wildman–Crippen LogP) is 4.61. The van der Waals surface area contributed by atoms with Crippen LogP contribution in [-0.4, -0.2) is 125 Å². The van der Waals surface area contributed by atoms with Gasteiger partial charge in [-0.3, -0.25) is 22.7 Å². The zero-order valence-electron chi connectivity index (χ0n) is 32.6. The summed E-state index contributed by atoms with van der Waals surface area (Å²) in [5.41, 5.74) is 14.7. The van der Waals surface area contributed by atoms with Gasteiger partial charge in [-0.05, 0) is 35.5 Å². The molecule has 20 nitrogen and oxygen atoms in total. The molecule has 4 N–H and O–H groups in total. The lowest BCUT2D eigenvalue weighted by molar-refractivity contribution is -0.0546. The summed E-state index contributed by atoms with van der Waals surface area (Å²) in [6, 6.07) is 8.85. The quantitative estimate of drug-likeness (QED) is 0.0878. The highest BCUT2D eigenvalue weighted by atomic mass is 32.7. The molecule has 7 heterocycles. The monoisotopic (exact) mass is 907 g/mol. The van der Waals surface area contributed by atoms with E-state index in [1.807, 2.05) is 31.2 Å². The van der Waals surface area contributed by atoms with Gasteiger partial charge in [0.2, 0.25) is 7.57 Å². The minimum Gasteiger partial charge on any atom is -0.397 e. The van der Waals surface area contributed by atoms with Crippen LogP contribution in [0.1, 0.15) is 30.5 Å². The van der Waals surface area contributed by atoms with E-state index in [4.69, 9.17) is 60.8 Å². The molecule has 3 aliphatic rings. The van der Waals surface area contributed by atoms with E-state index in [9.17, 15) is 9.13 Å². The summed E-state index contributed by atoms with van der Waals surface area (Å²) in [7, 11) is 1.36. The third-order valence-electron chi connectivity index (χ3n) is 9.93. The maximum absolute atomic E-state index is 16.8. The number of nitrogens with zero attached hydrogens (tertiary/aromatic N) is 7. The SMILES string of the molecule is [B][P@@]1(=O)OC[C@H]2O[C@@H](n3cnc4c(N)ccnc43)[C@H](F)[C@@H]2O[P@](=O)(SCc2ccc(COCCOCCOCC)cc2)OC[C@H]2O[C@@H](n3cnc4c(N)ncnc43)[C@H](F)[C@@H]2O1. The van der Waals surface area contributed by atoms with Crippen LogP contribution in [-0.2, 0) is 63.3 Å². The Labute approximate surface area is 352 Å². The molecule has 8 rings (SSSR count). The number of nitrogen functional groups attached to an aromatic ring is 2. The minimum atomic E-state index is -4.65. The number of halogens is 2. The fourth-order valence-electron chi connectivity index (χ4n) is 6.90. The topological polar surface area (TPSA) is 244 Å². The summed E-state index contributed by atoms with van der Waals surface area (Å²) in [4.78, 5) is 20.8. The Bertz CT molecular complexity index is 2390. The van der Waals surface area contributed by atoms with Crippen LogP contribution in [0, 0.1) is 0 Å². The van der Waals surface area contributed by atoms with Crippen molar-refractivity contribution >= 4 is 67.1 Å². The third kappa shape index (κ3) is 9.80. The molecule has 3 aliphatic heterocycles. The van der Waals surface area contributed by atoms with Crippen LogP contribution < -0.4 is 11.5 Å². The molecule has 26 heteroatoms. The highest BCUT2D eigenvalue weighted by Crippen LogP contribution is 2.65. The van der Waals surface area contributed by atoms with E-state index in [1.54, 1.807) is 0 Å². The molecule has 10 atom stereocenters. The van der Waals surface area contributed by atoms with Gasteiger partial charge in [-0.25, -0.2) is 38.3 Å². The molecule has 5 aromatic rings. The van der Waals surface area contributed by atoms with Crippen molar-refractivity contribution in [3.05, 3.63) is 66.6 Å².